The molecule has 0 aliphatic carbocycles. The van der Waals surface area contributed by atoms with Crippen LogP contribution in [0.3, 0.4) is 0 Å². The maximum Gasteiger partial charge on any atom is 0.264 e. The van der Waals surface area contributed by atoms with Crippen molar-refractivity contribution in [3.8, 4) is 0 Å². The molecule has 33 heavy (non-hydrogen) atoms. The Morgan fingerprint density at radius 2 is 2.12 bits per heavy atom. The third-order valence-electron chi connectivity index (χ3n) is 5.58. The van der Waals surface area contributed by atoms with Crippen molar-refractivity contribution in [2.45, 2.75) is 90.1 Å². The molecule has 0 saturated carbocycles. The highest BCUT2D eigenvalue weighted by atomic mass is 32.2. The number of aromatic nitrogens is 1. The van der Waals surface area contributed by atoms with Gasteiger partial charge in [-0.05, 0) is 49.8 Å². The first-order chi connectivity index (χ1) is 15.2. The molecule has 1 aliphatic rings. The molecule has 0 bridgehead atoms. The van der Waals surface area contributed by atoms with E-state index >= 15 is 0 Å². The molecule has 1 aromatic rings. The smallest absolute Gasteiger partial charge is 0.264 e. The minimum atomic E-state index is -3.58. The van der Waals surface area contributed by atoms with Crippen LogP contribution in [0.4, 0.5) is 0 Å². The fraction of sp³-hybridized carbons (Fsp3) is 0.739. The van der Waals surface area contributed by atoms with Crippen molar-refractivity contribution in [1.82, 2.24) is 4.98 Å². The van der Waals surface area contributed by atoms with Gasteiger partial charge in [0.25, 0.3) is 10.1 Å². The Bertz CT molecular complexity index is 924. The molecule has 188 valence electrons. The van der Waals surface area contributed by atoms with E-state index in [-0.39, 0.29) is 29.8 Å². The van der Waals surface area contributed by atoms with Crippen LogP contribution < -0.4 is 0 Å². The Hall–Kier alpha value is -0.913. The highest BCUT2D eigenvalue weighted by Gasteiger charge is 2.57. The maximum absolute atomic E-state index is 11.6. The second-order valence-corrected chi connectivity index (χ2v) is 15.9. The van der Waals surface area contributed by atoms with E-state index in [0.717, 1.165) is 41.7 Å². The molecule has 0 amide bonds. The molecule has 1 saturated heterocycles. The van der Waals surface area contributed by atoms with E-state index in [4.69, 9.17) is 13.3 Å². The lowest BCUT2D eigenvalue weighted by Crippen LogP contribution is -2.29. The van der Waals surface area contributed by atoms with Crippen LogP contribution in [0.25, 0.3) is 6.08 Å². The van der Waals surface area contributed by atoms with E-state index in [0.29, 0.717) is 12.8 Å². The molecule has 0 N–H and O–H groups in total. The summed E-state index contributed by atoms with van der Waals surface area (Å²) in [5.74, 6) is -0.0318. The second kappa shape index (κ2) is 11.7. The molecular formula is C23H39NO6S2Si. The van der Waals surface area contributed by atoms with Gasteiger partial charge in [-0.1, -0.05) is 27.7 Å². The van der Waals surface area contributed by atoms with Gasteiger partial charge >= 0.3 is 0 Å². The van der Waals surface area contributed by atoms with E-state index < -0.39 is 25.5 Å². The Morgan fingerprint density at radius 3 is 2.67 bits per heavy atom. The minimum Gasteiger partial charge on any atom is -0.417 e. The van der Waals surface area contributed by atoms with Crippen LogP contribution in [-0.2, 0) is 28.3 Å². The molecule has 1 aliphatic heterocycles. The van der Waals surface area contributed by atoms with Crippen LogP contribution in [0.1, 0.15) is 71.0 Å². The second-order valence-electron chi connectivity index (χ2n) is 10.4. The standard InChI is InChI=1S/C23H39NO6S2Si/c1-16(13-25)9-8-10-23(15-28-32(7,26)27)21(29-23)12-20(30-33-22(4,5)6)17(2)11-19-14-31-18(3)24-19/h11,13-14,16,20-21H,8-10,12,15,33H2,1-7H3/b17-11+/t16-,20-,21-,23-/m0/s1. The molecule has 2 heterocycles. The summed E-state index contributed by atoms with van der Waals surface area (Å²) in [4.78, 5) is 15.5. The molecule has 0 spiro atoms. The number of epoxide rings is 1. The van der Waals surface area contributed by atoms with Gasteiger partial charge in [-0.15, -0.1) is 11.3 Å². The normalized spacial score (nSPS) is 23.7. The van der Waals surface area contributed by atoms with Crippen molar-refractivity contribution in [1.29, 1.82) is 0 Å². The molecule has 10 heteroatoms. The van der Waals surface area contributed by atoms with Crippen LogP contribution >= 0.6 is 11.3 Å². The Balaban J connectivity index is 2.15. The van der Waals surface area contributed by atoms with Gasteiger partial charge in [0.2, 0.25) is 0 Å². The van der Waals surface area contributed by atoms with Crippen molar-refractivity contribution < 1.29 is 26.6 Å². The van der Waals surface area contributed by atoms with Crippen LogP contribution in [0.5, 0.6) is 0 Å². The Labute approximate surface area is 205 Å². The van der Waals surface area contributed by atoms with Crippen molar-refractivity contribution in [3.05, 3.63) is 21.7 Å². The van der Waals surface area contributed by atoms with Crippen LogP contribution in [0, 0.1) is 12.8 Å². The molecule has 0 radical (unpaired) electrons. The first-order valence-electron chi connectivity index (χ1n) is 11.4. The summed E-state index contributed by atoms with van der Waals surface area (Å²) in [6.07, 6.45) is 6.54. The van der Waals surface area contributed by atoms with Gasteiger partial charge in [-0.2, -0.15) is 8.42 Å². The van der Waals surface area contributed by atoms with Crippen molar-refractivity contribution in [2.24, 2.45) is 5.92 Å². The monoisotopic (exact) mass is 517 g/mol. The predicted molar refractivity (Wildman–Crippen MR) is 136 cm³/mol. The fourth-order valence-corrected chi connectivity index (χ4v) is 5.72. The van der Waals surface area contributed by atoms with Gasteiger partial charge in [-0.3, -0.25) is 4.18 Å². The first-order valence-corrected chi connectivity index (χ1v) is 15.4. The lowest BCUT2D eigenvalue weighted by atomic mass is 9.92. The highest BCUT2D eigenvalue weighted by molar-refractivity contribution is 7.85. The minimum absolute atomic E-state index is 0.0105. The van der Waals surface area contributed by atoms with Crippen molar-refractivity contribution >= 4 is 43.6 Å². The molecule has 0 unspecified atom stereocenters. The summed E-state index contributed by atoms with van der Waals surface area (Å²) in [6, 6.07) is 0. The number of rotatable bonds is 14. The predicted octanol–water partition coefficient (Wildman–Crippen LogP) is 4.05. The SMILES string of the molecule is C/C(=C\c1csc(C)n1)[C@H](C[C@@H]1O[C@@]1(CCC[C@H](C)C=O)COS(C)(=O)=O)O[SiH2]C(C)(C)C. The number of thiazole rings is 1. The average molecular weight is 518 g/mol. The van der Waals surface area contributed by atoms with Gasteiger partial charge in [0, 0.05) is 17.7 Å². The van der Waals surface area contributed by atoms with Crippen LogP contribution in [0.15, 0.2) is 11.0 Å². The Morgan fingerprint density at radius 1 is 1.42 bits per heavy atom. The van der Waals surface area contributed by atoms with E-state index in [1.807, 2.05) is 19.2 Å². The third kappa shape index (κ3) is 10.1. The number of aryl methyl sites for hydroxylation is 1. The number of aldehydes is 1. The molecule has 0 aromatic carbocycles. The molecule has 4 atom stereocenters. The lowest BCUT2D eigenvalue weighted by Gasteiger charge is -2.25. The Kier molecular flexibility index (Phi) is 10.0. The summed E-state index contributed by atoms with van der Waals surface area (Å²) >= 11 is 1.61. The fourth-order valence-electron chi connectivity index (χ4n) is 3.63. The van der Waals surface area contributed by atoms with Crippen LogP contribution in [-0.4, -0.2) is 60.1 Å². The van der Waals surface area contributed by atoms with Crippen LogP contribution in [0.2, 0.25) is 5.04 Å². The highest BCUT2D eigenvalue weighted by Crippen LogP contribution is 2.45. The van der Waals surface area contributed by atoms with Gasteiger partial charge < -0.3 is 14.0 Å². The summed E-state index contributed by atoms with van der Waals surface area (Å²) < 4.78 is 41.0. The summed E-state index contributed by atoms with van der Waals surface area (Å²) in [6.45, 7) is 12.5. The van der Waals surface area contributed by atoms with E-state index in [1.54, 1.807) is 11.3 Å². The average Bonchev–Trinajstić information content (AvgIpc) is 3.22. The quantitative estimate of drug-likeness (QED) is 0.159. The molecule has 1 aromatic heterocycles. The summed E-state index contributed by atoms with van der Waals surface area (Å²) in [7, 11) is -4.40. The number of nitrogens with zero attached hydrogens (tertiary/aromatic N) is 1. The molecule has 1 fully saturated rings. The maximum atomic E-state index is 11.6. The van der Waals surface area contributed by atoms with E-state index in [2.05, 4.69) is 38.8 Å². The van der Waals surface area contributed by atoms with E-state index in [1.165, 1.54) is 0 Å². The number of carbonyl (C=O) groups excluding carboxylic acids is 1. The molecule has 7 nitrogen and oxygen atoms in total. The topological polar surface area (TPSA) is 95.1 Å². The summed E-state index contributed by atoms with van der Waals surface area (Å²) in [5.41, 5.74) is 1.35. The number of hydrogen-bond donors (Lipinski definition) is 0. The van der Waals surface area contributed by atoms with Gasteiger partial charge in [0.15, 0.2) is 9.76 Å². The zero-order valence-corrected chi connectivity index (χ0v) is 24.0. The van der Waals surface area contributed by atoms with Crippen molar-refractivity contribution in [3.63, 3.8) is 0 Å². The summed E-state index contributed by atoms with van der Waals surface area (Å²) in [5, 5.41) is 3.19. The zero-order chi connectivity index (χ0) is 24.9. The molecular weight excluding hydrogens is 478 g/mol. The van der Waals surface area contributed by atoms with Gasteiger partial charge in [0.05, 0.1) is 35.8 Å². The lowest BCUT2D eigenvalue weighted by molar-refractivity contribution is -0.110. The van der Waals surface area contributed by atoms with Crippen molar-refractivity contribution in [2.75, 3.05) is 12.9 Å². The number of carbonyl (C=O) groups is 1. The zero-order valence-electron chi connectivity index (χ0n) is 20.9. The number of hydrogen-bond acceptors (Lipinski definition) is 8. The largest absolute Gasteiger partial charge is 0.417 e. The van der Waals surface area contributed by atoms with E-state index in [9.17, 15) is 13.2 Å². The third-order valence-corrected chi connectivity index (χ3v) is 8.35. The molecule has 2 rings (SSSR count). The number of ether oxygens (including phenoxy) is 1. The van der Waals surface area contributed by atoms with Gasteiger partial charge in [-0.25, -0.2) is 4.98 Å². The van der Waals surface area contributed by atoms with Gasteiger partial charge in [0.1, 0.15) is 11.9 Å². The first kappa shape index (κ1) is 28.3.